The van der Waals surface area contributed by atoms with Gasteiger partial charge < -0.3 is 33.4 Å². The summed E-state index contributed by atoms with van der Waals surface area (Å²) >= 11 is 6.57. The van der Waals surface area contributed by atoms with E-state index in [1.165, 1.54) is 6.92 Å². The van der Waals surface area contributed by atoms with Gasteiger partial charge in [-0.3, -0.25) is 19.2 Å². The highest BCUT2D eigenvalue weighted by Crippen LogP contribution is 2.35. The number of nitrogens with zero attached hydrogens (tertiary/aromatic N) is 1. The van der Waals surface area contributed by atoms with Gasteiger partial charge in [-0.15, -0.1) is 0 Å². The van der Waals surface area contributed by atoms with Crippen molar-refractivity contribution in [3.8, 4) is 16.9 Å². The molecule has 3 heterocycles. The summed E-state index contributed by atoms with van der Waals surface area (Å²) in [6.45, 7) is 4.23. The normalized spacial score (nSPS) is 22.3. The number of ether oxygens (including phenoxy) is 6. The quantitative estimate of drug-likeness (QED) is 0.311. The van der Waals surface area contributed by atoms with Crippen LogP contribution in [0, 0.1) is 0 Å². The zero-order valence-corrected chi connectivity index (χ0v) is 22.8. The average molecular weight is 575 g/mol. The van der Waals surface area contributed by atoms with Crippen LogP contribution in [-0.2, 0) is 42.9 Å². The van der Waals surface area contributed by atoms with Crippen LogP contribution in [0.2, 0.25) is 5.02 Å². The van der Waals surface area contributed by atoms with Crippen molar-refractivity contribution in [1.29, 1.82) is 0 Å². The highest BCUT2D eigenvalue weighted by atomic mass is 35.5. The summed E-state index contributed by atoms with van der Waals surface area (Å²) in [5.41, 5.74) is 2.32. The average Bonchev–Trinajstić information content (AvgIpc) is 3.34. The molecule has 0 radical (unpaired) electrons. The molecule has 0 spiro atoms. The van der Waals surface area contributed by atoms with E-state index in [0.717, 1.165) is 42.9 Å². The van der Waals surface area contributed by atoms with E-state index in [1.54, 1.807) is 30.6 Å². The fourth-order valence-electron chi connectivity index (χ4n) is 4.28. The van der Waals surface area contributed by atoms with Gasteiger partial charge in [-0.25, -0.2) is 4.98 Å². The number of nitrogens with one attached hydrogen (secondary N) is 1. The topological polar surface area (TPSA) is 152 Å². The summed E-state index contributed by atoms with van der Waals surface area (Å²) in [7, 11) is 0. The first-order valence-electron chi connectivity index (χ1n) is 12.2. The molecule has 0 unspecified atom stereocenters. The molecule has 40 heavy (non-hydrogen) atoms. The van der Waals surface area contributed by atoms with Gasteiger partial charge in [-0.2, -0.15) is 0 Å². The van der Waals surface area contributed by atoms with Gasteiger partial charge in [-0.1, -0.05) is 17.7 Å². The Bertz CT molecular complexity index is 1420. The van der Waals surface area contributed by atoms with Crippen molar-refractivity contribution in [3.05, 3.63) is 47.7 Å². The number of H-pyrrole nitrogens is 1. The second-order valence-corrected chi connectivity index (χ2v) is 9.38. The molecule has 1 aliphatic heterocycles. The molecular weight excluding hydrogens is 548 g/mol. The maximum Gasteiger partial charge on any atom is 0.303 e. The molecule has 2 aromatic heterocycles. The lowest BCUT2D eigenvalue weighted by Crippen LogP contribution is -2.63. The maximum atomic E-state index is 12.0. The molecule has 12 nitrogen and oxygen atoms in total. The molecule has 1 fully saturated rings. The Labute approximate surface area is 233 Å². The third-order valence-corrected chi connectivity index (χ3v) is 6.15. The van der Waals surface area contributed by atoms with Crippen LogP contribution in [0.25, 0.3) is 22.2 Å². The van der Waals surface area contributed by atoms with Crippen molar-refractivity contribution in [2.75, 3.05) is 6.61 Å². The number of carbonyl (C=O) groups is 4. The Balaban J connectivity index is 1.66. The molecule has 13 heteroatoms. The minimum absolute atomic E-state index is 0.155. The number of esters is 4. The summed E-state index contributed by atoms with van der Waals surface area (Å²) < 4.78 is 33.3. The Morgan fingerprint density at radius 1 is 0.875 bits per heavy atom. The van der Waals surface area contributed by atoms with Crippen LogP contribution in [0.4, 0.5) is 0 Å². The second-order valence-electron chi connectivity index (χ2n) is 8.97. The SMILES string of the molecule is CC(=O)OC[C@H]1O[C@H](Oc2ccc(-c3cnc4[nH]ccc4c3)cc2Cl)[C@@H](OC(C)=O)[C@@H](OC(C)=O)[C@@H]1OC(C)=O. The van der Waals surface area contributed by atoms with Crippen molar-refractivity contribution in [3.63, 3.8) is 0 Å². The molecule has 0 amide bonds. The standard InChI is InChI=1S/C27H27ClN2O10/c1-13(31)35-12-22-23(36-14(2)32)24(37-15(3)33)25(38-16(4)34)27(40-22)39-21-6-5-17(10-20(21)28)19-9-18-7-8-29-26(18)30-11-19/h5-11,22-25,27H,12H2,1-4H3,(H,29,30)/t22-,23-,24+,25+,27+/m1/s1. The number of aromatic amines is 1. The van der Waals surface area contributed by atoms with Crippen LogP contribution in [0.5, 0.6) is 5.75 Å². The largest absolute Gasteiger partial charge is 0.463 e. The second kappa shape index (κ2) is 12.3. The van der Waals surface area contributed by atoms with Crippen molar-refractivity contribution in [1.82, 2.24) is 9.97 Å². The molecule has 0 aliphatic carbocycles. The van der Waals surface area contributed by atoms with Crippen LogP contribution in [0.1, 0.15) is 27.7 Å². The summed E-state index contributed by atoms with van der Waals surface area (Å²) in [6, 6.07) is 8.85. The molecule has 0 bridgehead atoms. The van der Waals surface area contributed by atoms with Gasteiger partial charge in [-0.05, 0) is 29.8 Å². The number of benzene rings is 1. The number of hydrogen-bond acceptors (Lipinski definition) is 11. The zero-order valence-electron chi connectivity index (χ0n) is 22.0. The zero-order chi connectivity index (χ0) is 29.0. The van der Waals surface area contributed by atoms with Gasteiger partial charge in [0.05, 0.1) is 5.02 Å². The first-order valence-corrected chi connectivity index (χ1v) is 12.6. The fourth-order valence-corrected chi connectivity index (χ4v) is 4.51. The minimum atomic E-state index is -1.40. The van der Waals surface area contributed by atoms with E-state index in [4.69, 9.17) is 40.0 Å². The van der Waals surface area contributed by atoms with Gasteiger partial charge in [0.1, 0.15) is 24.1 Å². The molecule has 1 aromatic carbocycles. The molecule has 0 saturated carbocycles. The lowest BCUT2D eigenvalue weighted by molar-refractivity contribution is -0.288. The Morgan fingerprint density at radius 3 is 2.20 bits per heavy atom. The number of fused-ring (bicyclic) bond motifs is 1. The van der Waals surface area contributed by atoms with Gasteiger partial charge >= 0.3 is 23.9 Å². The molecule has 1 N–H and O–H groups in total. The molecule has 1 saturated heterocycles. The van der Waals surface area contributed by atoms with E-state index < -0.39 is 54.6 Å². The van der Waals surface area contributed by atoms with E-state index in [0.29, 0.717) is 0 Å². The van der Waals surface area contributed by atoms with Crippen LogP contribution in [0.15, 0.2) is 42.7 Å². The Hall–Kier alpha value is -4.16. The van der Waals surface area contributed by atoms with E-state index in [9.17, 15) is 19.2 Å². The molecule has 1 aliphatic rings. The van der Waals surface area contributed by atoms with Crippen LogP contribution >= 0.6 is 11.6 Å². The van der Waals surface area contributed by atoms with E-state index in [2.05, 4.69) is 9.97 Å². The summed E-state index contributed by atoms with van der Waals surface area (Å²) in [5.74, 6) is -2.69. The lowest BCUT2D eigenvalue weighted by Gasteiger charge is -2.44. The third kappa shape index (κ3) is 6.88. The monoisotopic (exact) mass is 574 g/mol. The van der Waals surface area contributed by atoms with Gasteiger partial charge in [0, 0.05) is 51.0 Å². The highest BCUT2D eigenvalue weighted by molar-refractivity contribution is 6.32. The number of pyridine rings is 1. The van der Waals surface area contributed by atoms with Crippen molar-refractivity contribution < 1.29 is 47.6 Å². The summed E-state index contributed by atoms with van der Waals surface area (Å²) in [4.78, 5) is 54.9. The summed E-state index contributed by atoms with van der Waals surface area (Å²) in [6.07, 6.45) is -3.09. The maximum absolute atomic E-state index is 12.0. The number of rotatable bonds is 8. The molecule has 4 rings (SSSR count). The van der Waals surface area contributed by atoms with Gasteiger partial charge in [0.25, 0.3) is 0 Å². The molecular formula is C27H27ClN2O10. The first kappa shape index (κ1) is 28.8. The van der Waals surface area contributed by atoms with Crippen molar-refractivity contribution >= 4 is 46.5 Å². The van der Waals surface area contributed by atoms with Gasteiger partial charge in [0.2, 0.25) is 12.4 Å². The number of aromatic nitrogens is 2. The van der Waals surface area contributed by atoms with Crippen LogP contribution < -0.4 is 4.74 Å². The fraction of sp³-hybridized carbons (Fsp3) is 0.370. The third-order valence-electron chi connectivity index (χ3n) is 5.86. The molecule has 3 aromatic rings. The smallest absolute Gasteiger partial charge is 0.303 e. The predicted octanol–water partition coefficient (Wildman–Crippen LogP) is 3.35. The van der Waals surface area contributed by atoms with Crippen LogP contribution in [-0.4, -0.2) is 71.2 Å². The molecule has 5 atom stereocenters. The minimum Gasteiger partial charge on any atom is -0.463 e. The van der Waals surface area contributed by atoms with Gasteiger partial charge in [0.15, 0.2) is 12.2 Å². The first-order chi connectivity index (χ1) is 19.0. The molecule has 212 valence electrons. The van der Waals surface area contributed by atoms with Crippen LogP contribution in [0.3, 0.4) is 0 Å². The lowest BCUT2D eigenvalue weighted by atomic mass is 9.98. The van der Waals surface area contributed by atoms with E-state index in [1.807, 2.05) is 12.1 Å². The Kier molecular flexibility index (Phi) is 8.90. The van der Waals surface area contributed by atoms with E-state index >= 15 is 0 Å². The highest BCUT2D eigenvalue weighted by Gasteiger charge is 2.53. The van der Waals surface area contributed by atoms with Crippen molar-refractivity contribution in [2.24, 2.45) is 0 Å². The van der Waals surface area contributed by atoms with E-state index in [-0.39, 0.29) is 17.4 Å². The summed E-state index contributed by atoms with van der Waals surface area (Å²) in [5, 5.41) is 1.12. The number of carbonyl (C=O) groups excluding carboxylic acids is 4. The van der Waals surface area contributed by atoms with Crippen molar-refractivity contribution in [2.45, 2.75) is 58.4 Å². The number of halogens is 1. The predicted molar refractivity (Wildman–Crippen MR) is 139 cm³/mol. The Morgan fingerprint density at radius 2 is 1.55 bits per heavy atom. The number of hydrogen-bond donors (Lipinski definition) is 1.